The van der Waals surface area contributed by atoms with Gasteiger partial charge in [-0.1, -0.05) is 13.8 Å². The highest BCUT2D eigenvalue weighted by molar-refractivity contribution is 6.08. The van der Waals surface area contributed by atoms with E-state index in [0.29, 0.717) is 40.1 Å². The standard InChI is InChI=1S/C28H37N3O4/c1-19-9-13-30(14-10-19)25-8-5-21(17-24(25)28(33)31-15-11-20(2)12-16-31)29-27(32)23-7-6-22(34-3)18-26(23)35-4/h5-8,17-20H,9-16H2,1-4H3,(H,29,32). The van der Waals surface area contributed by atoms with Gasteiger partial charge >= 0.3 is 0 Å². The first-order valence-electron chi connectivity index (χ1n) is 12.6. The first-order chi connectivity index (χ1) is 16.9. The largest absolute Gasteiger partial charge is 0.497 e. The Balaban J connectivity index is 1.61. The van der Waals surface area contributed by atoms with Gasteiger partial charge in [0, 0.05) is 43.6 Å². The topological polar surface area (TPSA) is 71.1 Å². The summed E-state index contributed by atoms with van der Waals surface area (Å²) in [7, 11) is 3.09. The molecule has 0 bridgehead atoms. The van der Waals surface area contributed by atoms with Crippen LogP contribution in [0.3, 0.4) is 0 Å². The van der Waals surface area contributed by atoms with Crippen LogP contribution in [0.25, 0.3) is 0 Å². The van der Waals surface area contributed by atoms with Crippen LogP contribution in [0.5, 0.6) is 11.5 Å². The van der Waals surface area contributed by atoms with Gasteiger partial charge in [0.1, 0.15) is 11.5 Å². The number of hydrogen-bond donors (Lipinski definition) is 1. The number of rotatable bonds is 6. The number of likely N-dealkylation sites (tertiary alicyclic amines) is 1. The van der Waals surface area contributed by atoms with E-state index in [4.69, 9.17) is 9.47 Å². The highest BCUT2D eigenvalue weighted by Crippen LogP contribution is 2.32. The highest BCUT2D eigenvalue weighted by atomic mass is 16.5. The SMILES string of the molecule is COc1ccc(C(=O)Nc2ccc(N3CCC(C)CC3)c(C(=O)N3CCC(C)CC3)c2)c(OC)c1. The Morgan fingerprint density at radius 3 is 2.11 bits per heavy atom. The van der Waals surface area contributed by atoms with Gasteiger partial charge < -0.3 is 24.6 Å². The van der Waals surface area contributed by atoms with Gasteiger partial charge in [0.05, 0.1) is 25.3 Å². The van der Waals surface area contributed by atoms with Gasteiger partial charge in [0.15, 0.2) is 0 Å². The van der Waals surface area contributed by atoms with Gasteiger partial charge in [-0.3, -0.25) is 9.59 Å². The molecule has 2 amide bonds. The Labute approximate surface area is 208 Å². The maximum Gasteiger partial charge on any atom is 0.259 e. The lowest BCUT2D eigenvalue weighted by Gasteiger charge is -2.35. The number of benzene rings is 2. The number of amides is 2. The molecule has 0 spiro atoms. The molecular formula is C28H37N3O4. The monoisotopic (exact) mass is 479 g/mol. The smallest absolute Gasteiger partial charge is 0.259 e. The third-order valence-corrected chi connectivity index (χ3v) is 7.33. The molecule has 0 radical (unpaired) electrons. The van der Waals surface area contributed by atoms with Crippen molar-refractivity contribution in [2.75, 3.05) is 50.6 Å². The lowest BCUT2D eigenvalue weighted by Crippen LogP contribution is -2.40. The number of methoxy groups -OCH3 is 2. The zero-order valence-corrected chi connectivity index (χ0v) is 21.3. The molecule has 7 nitrogen and oxygen atoms in total. The third-order valence-electron chi connectivity index (χ3n) is 7.33. The fraction of sp³-hybridized carbons (Fsp3) is 0.500. The number of hydrogen-bond acceptors (Lipinski definition) is 5. The second-order valence-corrected chi connectivity index (χ2v) is 9.90. The molecule has 2 aliphatic rings. The van der Waals surface area contributed by atoms with Crippen molar-refractivity contribution >= 4 is 23.2 Å². The summed E-state index contributed by atoms with van der Waals surface area (Å²) in [5.41, 5.74) is 2.62. The van der Waals surface area contributed by atoms with Crippen molar-refractivity contribution in [1.82, 2.24) is 4.90 Å². The second-order valence-electron chi connectivity index (χ2n) is 9.90. The molecule has 1 N–H and O–H groups in total. The molecule has 0 saturated carbocycles. The number of carbonyl (C=O) groups excluding carboxylic acids is 2. The van der Waals surface area contributed by atoms with Gasteiger partial charge in [0.2, 0.25) is 0 Å². The molecule has 35 heavy (non-hydrogen) atoms. The molecule has 2 heterocycles. The molecule has 2 saturated heterocycles. The summed E-state index contributed by atoms with van der Waals surface area (Å²) in [5.74, 6) is 2.14. The van der Waals surface area contributed by atoms with E-state index in [2.05, 4.69) is 24.1 Å². The molecule has 188 valence electrons. The van der Waals surface area contributed by atoms with Crippen LogP contribution in [0.1, 0.15) is 60.2 Å². The van der Waals surface area contributed by atoms with Crippen molar-refractivity contribution in [3.8, 4) is 11.5 Å². The number of ether oxygens (including phenoxy) is 2. The first-order valence-corrected chi connectivity index (χ1v) is 12.6. The number of carbonyl (C=O) groups is 2. The first kappa shape index (κ1) is 24.9. The number of nitrogens with one attached hydrogen (secondary N) is 1. The molecule has 0 aromatic heterocycles. The second kappa shape index (κ2) is 11.0. The highest BCUT2D eigenvalue weighted by Gasteiger charge is 2.27. The predicted molar refractivity (Wildman–Crippen MR) is 139 cm³/mol. The van der Waals surface area contributed by atoms with E-state index in [9.17, 15) is 9.59 Å². The van der Waals surface area contributed by atoms with Crippen LogP contribution in [-0.4, -0.2) is 57.1 Å². The quantitative estimate of drug-likeness (QED) is 0.627. The Morgan fingerprint density at radius 1 is 0.829 bits per heavy atom. The molecule has 2 fully saturated rings. The Morgan fingerprint density at radius 2 is 1.49 bits per heavy atom. The maximum atomic E-state index is 13.7. The van der Waals surface area contributed by atoms with Crippen LogP contribution in [0.15, 0.2) is 36.4 Å². The molecule has 2 aromatic carbocycles. The summed E-state index contributed by atoms with van der Waals surface area (Å²) in [6.07, 6.45) is 4.28. The Kier molecular flexibility index (Phi) is 7.83. The third kappa shape index (κ3) is 5.72. The van der Waals surface area contributed by atoms with E-state index in [0.717, 1.165) is 57.5 Å². The van der Waals surface area contributed by atoms with Crippen LogP contribution in [0, 0.1) is 11.8 Å². The van der Waals surface area contributed by atoms with Crippen LogP contribution in [-0.2, 0) is 0 Å². The lowest BCUT2D eigenvalue weighted by atomic mass is 9.96. The zero-order chi connectivity index (χ0) is 24.9. The van der Waals surface area contributed by atoms with Gasteiger partial charge in [-0.25, -0.2) is 0 Å². The van der Waals surface area contributed by atoms with Crippen molar-refractivity contribution in [2.24, 2.45) is 11.8 Å². The van der Waals surface area contributed by atoms with Gasteiger partial charge in [-0.05, 0) is 67.9 Å². The van der Waals surface area contributed by atoms with Crippen molar-refractivity contribution in [3.63, 3.8) is 0 Å². The zero-order valence-electron chi connectivity index (χ0n) is 21.3. The van der Waals surface area contributed by atoms with Crippen LogP contribution in [0.2, 0.25) is 0 Å². The van der Waals surface area contributed by atoms with E-state index >= 15 is 0 Å². The Bertz CT molecular complexity index is 1050. The molecule has 0 atom stereocenters. The average Bonchev–Trinajstić information content (AvgIpc) is 2.88. The summed E-state index contributed by atoms with van der Waals surface area (Å²) >= 11 is 0. The number of anilines is 2. The average molecular weight is 480 g/mol. The van der Waals surface area contributed by atoms with Crippen LogP contribution < -0.4 is 19.7 Å². The minimum atomic E-state index is -0.297. The molecule has 2 aliphatic heterocycles. The predicted octanol–water partition coefficient (Wildman–Crippen LogP) is 5.06. The summed E-state index contributed by atoms with van der Waals surface area (Å²) < 4.78 is 10.6. The van der Waals surface area contributed by atoms with Gasteiger partial charge in [-0.2, -0.15) is 0 Å². The van der Waals surface area contributed by atoms with Crippen molar-refractivity contribution in [2.45, 2.75) is 39.5 Å². The summed E-state index contributed by atoms with van der Waals surface area (Å²) in [4.78, 5) is 31.0. The van der Waals surface area contributed by atoms with Crippen molar-refractivity contribution in [3.05, 3.63) is 47.5 Å². The summed E-state index contributed by atoms with van der Waals surface area (Å²) in [5, 5.41) is 2.96. The minimum absolute atomic E-state index is 0.0450. The van der Waals surface area contributed by atoms with E-state index in [-0.39, 0.29) is 11.8 Å². The fourth-order valence-corrected chi connectivity index (χ4v) is 4.88. The minimum Gasteiger partial charge on any atom is -0.497 e. The molecule has 0 aliphatic carbocycles. The van der Waals surface area contributed by atoms with Crippen molar-refractivity contribution < 1.29 is 19.1 Å². The fourth-order valence-electron chi connectivity index (χ4n) is 4.88. The Hall–Kier alpha value is -3.22. The molecule has 0 unspecified atom stereocenters. The van der Waals surface area contributed by atoms with Crippen LogP contribution >= 0.6 is 0 Å². The summed E-state index contributed by atoms with van der Waals surface area (Å²) in [6.45, 7) is 7.95. The summed E-state index contributed by atoms with van der Waals surface area (Å²) in [6, 6.07) is 10.8. The number of piperidine rings is 2. The van der Waals surface area contributed by atoms with Crippen molar-refractivity contribution in [1.29, 1.82) is 0 Å². The van der Waals surface area contributed by atoms with Crippen LogP contribution in [0.4, 0.5) is 11.4 Å². The maximum absolute atomic E-state index is 13.7. The normalized spacial score (nSPS) is 17.3. The van der Waals surface area contributed by atoms with E-state index < -0.39 is 0 Å². The molecular weight excluding hydrogens is 442 g/mol. The van der Waals surface area contributed by atoms with Gasteiger partial charge in [0.25, 0.3) is 11.8 Å². The molecule has 2 aromatic rings. The molecule has 4 rings (SSSR count). The lowest BCUT2D eigenvalue weighted by molar-refractivity contribution is 0.0697. The molecule has 7 heteroatoms. The van der Waals surface area contributed by atoms with E-state index in [1.807, 2.05) is 23.1 Å². The van der Waals surface area contributed by atoms with E-state index in [1.54, 1.807) is 25.3 Å². The van der Waals surface area contributed by atoms with E-state index in [1.165, 1.54) is 7.11 Å². The number of nitrogens with zero attached hydrogens (tertiary/aromatic N) is 2. The van der Waals surface area contributed by atoms with Gasteiger partial charge in [-0.15, -0.1) is 0 Å².